The smallest absolute Gasteiger partial charge is 0.0594 e. The Morgan fingerprint density at radius 1 is 1.44 bits per heavy atom. The molecule has 0 saturated heterocycles. The normalized spacial score (nSPS) is 12.6. The summed E-state index contributed by atoms with van der Waals surface area (Å²) in [6, 6.07) is 6.54. The monoisotopic (exact) mass is 325 g/mol. The third-order valence-corrected chi connectivity index (χ3v) is 4.55. The van der Waals surface area contributed by atoms with Crippen LogP contribution >= 0.6 is 27.3 Å². The number of nitrogens with one attached hydrogen (secondary N) is 1. The highest BCUT2D eigenvalue weighted by atomic mass is 79.9. The third kappa shape index (κ3) is 3.38. The number of hydrazine groups is 1. The largest absolute Gasteiger partial charge is 0.271 e. The van der Waals surface area contributed by atoms with E-state index in [1.54, 1.807) is 6.20 Å². The van der Waals surface area contributed by atoms with E-state index < -0.39 is 0 Å². The number of pyridine rings is 1. The van der Waals surface area contributed by atoms with E-state index in [1.807, 2.05) is 17.5 Å². The van der Waals surface area contributed by atoms with Gasteiger partial charge >= 0.3 is 0 Å². The maximum atomic E-state index is 5.67. The number of aromatic nitrogens is 1. The average molecular weight is 326 g/mol. The number of thiophene rings is 1. The summed E-state index contributed by atoms with van der Waals surface area (Å²) in [6.45, 7) is 2.17. The number of hydrogen-bond donors (Lipinski definition) is 2. The van der Waals surface area contributed by atoms with Crippen LogP contribution in [0.5, 0.6) is 0 Å². The van der Waals surface area contributed by atoms with E-state index >= 15 is 0 Å². The van der Waals surface area contributed by atoms with Crippen molar-refractivity contribution in [1.29, 1.82) is 0 Å². The van der Waals surface area contributed by atoms with Crippen molar-refractivity contribution in [2.24, 2.45) is 5.84 Å². The predicted octanol–water partition coefficient (Wildman–Crippen LogP) is 3.22. The van der Waals surface area contributed by atoms with Gasteiger partial charge in [-0.1, -0.05) is 6.92 Å². The Bertz CT molecular complexity index is 512. The summed E-state index contributed by atoms with van der Waals surface area (Å²) in [7, 11) is 0. The molecule has 0 aliphatic rings. The molecule has 0 aliphatic heterocycles. The molecule has 0 amide bonds. The Balaban J connectivity index is 2.14. The summed E-state index contributed by atoms with van der Waals surface area (Å²) in [5, 5.41) is 0. The number of nitrogens with zero attached hydrogens (tertiary/aromatic N) is 1. The van der Waals surface area contributed by atoms with Crippen LogP contribution < -0.4 is 11.3 Å². The van der Waals surface area contributed by atoms with Gasteiger partial charge in [-0.3, -0.25) is 16.3 Å². The molecule has 0 saturated carbocycles. The quantitative estimate of drug-likeness (QED) is 0.655. The molecule has 2 rings (SSSR count). The topological polar surface area (TPSA) is 50.9 Å². The van der Waals surface area contributed by atoms with E-state index in [0.717, 1.165) is 17.3 Å². The molecular weight excluding hydrogens is 310 g/mol. The molecule has 0 spiro atoms. The van der Waals surface area contributed by atoms with Gasteiger partial charge in [-0.2, -0.15) is 0 Å². The number of rotatable bonds is 5. The van der Waals surface area contributed by atoms with Crippen LogP contribution in [0.4, 0.5) is 0 Å². The molecule has 3 N–H and O–H groups in total. The van der Waals surface area contributed by atoms with Gasteiger partial charge in [-0.25, -0.2) is 0 Å². The third-order valence-electron chi connectivity index (χ3n) is 2.78. The minimum absolute atomic E-state index is 0.145. The first-order chi connectivity index (χ1) is 8.72. The Labute approximate surface area is 120 Å². The fourth-order valence-electron chi connectivity index (χ4n) is 1.82. The van der Waals surface area contributed by atoms with Crippen LogP contribution in [0, 0.1) is 0 Å². The SMILES string of the molecule is CCc1ccc(C(Cc2cncc(Br)c2)NN)s1. The number of hydrogen-bond acceptors (Lipinski definition) is 4. The van der Waals surface area contributed by atoms with Gasteiger partial charge in [0.25, 0.3) is 0 Å². The minimum atomic E-state index is 0.145. The molecule has 1 unspecified atom stereocenters. The first-order valence-electron chi connectivity index (χ1n) is 5.87. The van der Waals surface area contributed by atoms with Crippen molar-refractivity contribution < 1.29 is 0 Å². The van der Waals surface area contributed by atoms with Crippen LogP contribution in [0.25, 0.3) is 0 Å². The van der Waals surface area contributed by atoms with E-state index in [4.69, 9.17) is 5.84 Å². The highest BCUT2D eigenvalue weighted by Crippen LogP contribution is 2.26. The first-order valence-corrected chi connectivity index (χ1v) is 7.48. The van der Waals surface area contributed by atoms with Crippen molar-refractivity contribution in [3.8, 4) is 0 Å². The zero-order chi connectivity index (χ0) is 13.0. The molecule has 0 bridgehead atoms. The van der Waals surface area contributed by atoms with E-state index in [2.05, 4.69) is 51.5 Å². The lowest BCUT2D eigenvalue weighted by Crippen LogP contribution is -2.28. The fourth-order valence-corrected chi connectivity index (χ4v) is 3.24. The molecule has 0 aromatic carbocycles. The molecule has 3 nitrogen and oxygen atoms in total. The van der Waals surface area contributed by atoms with Crippen molar-refractivity contribution in [2.45, 2.75) is 25.8 Å². The molecule has 1 atom stereocenters. The van der Waals surface area contributed by atoms with E-state index in [1.165, 1.54) is 15.3 Å². The number of halogens is 1. The lowest BCUT2D eigenvalue weighted by atomic mass is 10.1. The van der Waals surface area contributed by atoms with Crippen LogP contribution in [0.1, 0.15) is 28.3 Å². The molecule has 2 aromatic heterocycles. The molecule has 0 aliphatic carbocycles. The van der Waals surface area contributed by atoms with E-state index in [-0.39, 0.29) is 6.04 Å². The Hall–Kier alpha value is -0.750. The van der Waals surface area contributed by atoms with Crippen LogP contribution in [0.3, 0.4) is 0 Å². The molecule has 5 heteroatoms. The zero-order valence-corrected chi connectivity index (χ0v) is 12.6. The van der Waals surface area contributed by atoms with Gasteiger partial charge in [-0.05, 0) is 52.5 Å². The van der Waals surface area contributed by atoms with Gasteiger partial charge in [0.2, 0.25) is 0 Å². The van der Waals surface area contributed by atoms with Crippen LogP contribution in [-0.4, -0.2) is 4.98 Å². The van der Waals surface area contributed by atoms with E-state index in [0.29, 0.717) is 0 Å². The van der Waals surface area contributed by atoms with Crippen LogP contribution in [0.15, 0.2) is 35.1 Å². The van der Waals surface area contributed by atoms with Crippen LogP contribution in [0.2, 0.25) is 0 Å². The predicted molar refractivity (Wildman–Crippen MR) is 79.4 cm³/mol. The molecule has 0 radical (unpaired) electrons. The van der Waals surface area contributed by atoms with Crippen LogP contribution in [-0.2, 0) is 12.8 Å². The first kappa shape index (κ1) is 13.7. The highest BCUT2D eigenvalue weighted by Gasteiger charge is 2.13. The van der Waals surface area contributed by atoms with Crippen molar-refractivity contribution >= 4 is 27.3 Å². The summed E-state index contributed by atoms with van der Waals surface area (Å²) < 4.78 is 0.996. The second kappa shape index (κ2) is 6.43. The molecule has 0 fully saturated rings. The summed E-state index contributed by atoms with van der Waals surface area (Å²) >= 11 is 5.25. The van der Waals surface area contributed by atoms with Gasteiger partial charge in [0.05, 0.1) is 6.04 Å². The number of aryl methyl sites for hydroxylation is 1. The van der Waals surface area contributed by atoms with Crippen molar-refractivity contribution in [3.05, 3.63) is 50.4 Å². The van der Waals surface area contributed by atoms with Crippen molar-refractivity contribution in [2.75, 3.05) is 0 Å². The summed E-state index contributed by atoms with van der Waals surface area (Å²) in [6.07, 6.45) is 5.57. The Morgan fingerprint density at radius 2 is 2.28 bits per heavy atom. The maximum Gasteiger partial charge on any atom is 0.0594 e. The van der Waals surface area contributed by atoms with Gasteiger partial charge in [0, 0.05) is 26.6 Å². The van der Waals surface area contributed by atoms with Crippen molar-refractivity contribution in [1.82, 2.24) is 10.4 Å². The molecule has 96 valence electrons. The fraction of sp³-hybridized carbons (Fsp3) is 0.308. The maximum absolute atomic E-state index is 5.67. The second-order valence-corrected chi connectivity index (χ2v) is 6.21. The molecule has 2 heterocycles. The minimum Gasteiger partial charge on any atom is -0.271 e. The molecule has 18 heavy (non-hydrogen) atoms. The highest BCUT2D eigenvalue weighted by molar-refractivity contribution is 9.10. The summed E-state index contributed by atoms with van der Waals surface area (Å²) in [4.78, 5) is 6.83. The standard InChI is InChI=1S/C13H16BrN3S/c1-2-11-3-4-13(18-11)12(17-15)6-9-5-10(14)8-16-7-9/h3-5,7-8,12,17H,2,6,15H2,1H3. The molecular formula is C13H16BrN3S. The van der Waals surface area contributed by atoms with Crippen molar-refractivity contribution in [3.63, 3.8) is 0 Å². The van der Waals surface area contributed by atoms with Gasteiger partial charge in [-0.15, -0.1) is 11.3 Å². The summed E-state index contributed by atoms with van der Waals surface area (Å²) in [5.41, 5.74) is 4.06. The summed E-state index contributed by atoms with van der Waals surface area (Å²) in [5.74, 6) is 5.67. The average Bonchev–Trinajstić information content (AvgIpc) is 2.84. The number of nitrogens with two attached hydrogens (primary N) is 1. The van der Waals surface area contributed by atoms with Gasteiger partial charge in [0.15, 0.2) is 0 Å². The lowest BCUT2D eigenvalue weighted by Gasteiger charge is -2.14. The Morgan fingerprint density at radius 3 is 2.89 bits per heavy atom. The Kier molecular flexibility index (Phi) is 4.88. The molecule has 2 aromatic rings. The second-order valence-electron chi connectivity index (χ2n) is 4.09. The van der Waals surface area contributed by atoms with Gasteiger partial charge in [0.1, 0.15) is 0 Å². The van der Waals surface area contributed by atoms with Gasteiger partial charge < -0.3 is 0 Å². The lowest BCUT2D eigenvalue weighted by molar-refractivity contribution is 0.560. The zero-order valence-electron chi connectivity index (χ0n) is 10.2. The van der Waals surface area contributed by atoms with E-state index in [9.17, 15) is 0 Å².